The molecule has 3 aliphatic rings. The number of primary amides is 1. The number of benzene rings is 2. The van der Waals surface area contributed by atoms with Crippen LogP contribution in [-0.4, -0.2) is 49.5 Å². The van der Waals surface area contributed by atoms with Gasteiger partial charge >= 0.3 is 5.97 Å². The fourth-order valence-electron chi connectivity index (χ4n) is 3.55. The summed E-state index contributed by atoms with van der Waals surface area (Å²) in [7, 11) is 1.30. The standard InChI is InChI=1S/C10H9NO3.C9H8N2O2.C4H8O.H3N.H2O/c1-14-10(13)7-4-2-3-6-5-11-9(12)8(6)7;10-8(12)6-3-1-2-5-4-11-9(13)7(5)6;1-2-4-5-3-1;;/h2-4H,5H2,1H3,(H,11,12);1-3H,4H2,(H2,10,12)(H,11,13);1-4H2;1H3;1H2. The maximum Gasteiger partial charge on any atom is 0.338 e. The van der Waals surface area contributed by atoms with E-state index in [0.29, 0.717) is 35.3 Å². The van der Waals surface area contributed by atoms with E-state index in [1.807, 2.05) is 6.07 Å². The van der Waals surface area contributed by atoms with Crippen molar-refractivity contribution in [2.45, 2.75) is 25.9 Å². The molecule has 3 heterocycles. The number of carbonyl (C=O) groups is 4. The molecule has 11 heteroatoms. The van der Waals surface area contributed by atoms with Gasteiger partial charge in [0.1, 0.15) is 0 Å². The van der Waals surface area contributed by atoms with Crippen molar-refractivity contribution in [3.05, 3.63) is 69.8 Å². The largest absolute Gasteiger partial charge is 0.465 e. The molecule has 1 saturated heterocycles. The number of carbonyl (C=O) groups excluding carboxylic acids is 4. The maximum absolute atomic E-state index is 11.4. The van der Waals surface area contributed by atoms with Gasteiger partial charge in [0.15, 0.2) is 0 Å². The van der Waals surface area contributed by atoms with Crippen LogP contribution in [0.2, 0.25) is 0 Å². The first-order valence-electron chi connectivity index (χ1n) is 10.2. The highest BCUT2D eigenvalue weighted by molar-refractivity contribution is 6.09. The molecule has 9 N–H and O–H groups in total. The number of fused-ring (bicyclic) bond motifs is 2. The summed E-state index contributed by atoms with van der Waals surface area (Å²) >= 11 is 0. The summed E-state index contributed by atoms with van der Waals surface area (Å²) in [6.07, 6.45) is 2.56. The summed E-state index contributed by atoms with van der Waals surface area (Å²) in [6.45, 7) is 2.97. The van der Waals surface area contributed by atoms with Crippen molar-refractivity contribution >= 4 is 23.7 Å². The topological polar surface area (TPSA) is 203 Å². The maximum atomic E-state index is 11.4. The number of methoxy groups -OCH3 is 1. The molecule has 3 aliphatic heterocycles. The van der Waals surface area contributed by atoms with Crippen molar-refractivity contribution in [2.24, 2.45) is 5.73 Å². The Labute approximate surface area is 196 Å². The highest BCUT2D eigenvalue weighted by atomic mass is 16.5. The molecular formula is C23H30N4O7. The Hall–Kier alpha value is -3.80. The van der Waals surface area contributed by atoms with E-state index in [-0.39, 0.29) is 23.4 Å². The van der Waals surface area contributed by atoms with Crippen LogP contribution >= 0.6 is 0 Å². The monoisotopic (exact) mass is 474 g/mol. The van der Waals surface area contributed by atoms with Gasteiger partial charge < -0.3 is 37.5 Å². The van der Waals surface area contributed by atoms with E-state index in [1.165, 1.54) is 20.0 Å². The third kappa shape index (κ3) is 6.38. The second-order valence-corrected chi connectivity index (χ2v) is 7.22. The number of esters is 1. The number of amides is 3. The van der Waals surface area contributed by atoms with Gasteiger partial charge in [0.25, 0.3) is 11.8 Å². The van der Waals surface area contributed by atoms with Crippen LogP contribution in [0.25, 0.3) is 0 Å². The third-order valence-electron chi connectivity index (χ3n) is 5.13. The highest BCUT2D eigenvalue weighted by Gasteiger charge is 2.25. The molecule has 0 atom stereocenters. The van der Waals surface area contributed by atoms with Gasteiger partial charge in [0.2, 0.25) is 5.91 Å². The van der Waals surface area contributed by atoms with E-state index in [2.05, 4.69) is 15.4 Å². The Morgan fingerprint density at radius 3 is 1.76 bits per heavy atom. The Balaban J connectivity index is 0.000000270. The Kier molecular flexibility index (Phi) is 10.8. The van der Waals surface area contributed by atoms with Crippen molar-refractivity contribution in [3.8, 4) is 0 Å². The van der Waals surface area contributed by atoms with Crippen LogP contribution in [0.5, 0.6) is 0 Å². The van der Waals surface area contributed by atoms with Crippen LogP contribution in [0.4, 0.5) is 0 Å². The summed E-state index contributed by atoms with van der Waals surface area (Å²) in [6, 6.07) is 10.2. The number of hydrogen-bond donors (Lipinski definition) is 4. The summed E-state index contributed by atoms with van der Waals surface area (Å²) in [5.41, 5.74) is 8.31. The van der Waals surface area contributed by atoms with E-state index >= 15 is 0 Å². The molecule has 0 aromatic heterocycles. The molecule has 1 fully saturated rings. The zero-order valence-corrected chi connectivity index (χ0v) is 18.9. The second-order valence-electron chi connectivity index (χ2n) is 7.22. The molecule has 0 radical (unpaired) electrons. The number of ether oxygens (including phenoxy) is 2. The SMILES string of the molecule is C1CCOC1.COC(=O)c1cccc2c1C(=O)NC2.N.NC(=O)c1cccc2c1C(=O)NC2.O. The van der Waals surface area contributed by atoms with Crippen LogP contribution in [-0.2, 0) is 22.6 Å². The van der Waals surface area contributed by atoms with Crippen molar-refractivity contribution in [3.63, 3.8) is 0 Å². The smallest absolute Gasteiger partial charge is 0.338 e. The molecule has 0 saturated carbocycles. The first kappa shape index (κ1) is 28.2. The van der Waals surface area contributed by atoms with Gasteiger partial charge in [-0.05, 0) is 36.1 Å². The number of hydrogen-bond acceptors (Lipinski definition) is 7. The normalized spacial score (nSPS) is 14.3. The van der Waals surface area contributed by atoms with Crippen LogP contribution in [0.3, 0.4) is 0 Å². The molecule has 0 unspecified atom stereocenters. The Morgan fingerprint density at radius 1 is 0.882 bits per heavy atom. The summed E-state index contributed by atoms with van der Waals surface area (Å²) in [4.78, 5) is 44.9. The van der Waals surface area contributed by atoms with Crippen LogP contribution in [0, 0.1) is 0 Å². The minimum absolute atomic E-state index is 0. The van der Waals surface area contributed by atoms with E-state index in [0.717, 1.165) is 24.3 Å². The summed E-state index contributed by atoms with van der Waals surface area (Å²) < 4.78 is 9.54. The molecule has 0 spiro atoms. The van der Waals surface area contributed by atoms with Crippen LogP contribution in [0.1, 0.15) is 65.4 Å². The molecule has 11 nitrogen and oxygen atoms in total. The molecule has 184 valence electrons. The van der Waals surface area contributed by atoms with E-state index in [4.69, 9.17) is 10.5 Å². The van der Waals surface area contributed by atoms with Crippen molar-refractivity contribution in [1.82, 2.24) is 16.8 Å². The lowest BCUT2D eigenvalue weighted by atomic mass is 10.0. The molecule has 2 aromatic rings. The molecule has 3 amide bonds. The van der Waals surface area contributed by atoms with Crippen LogP contribution < -0.4 is 22.5 Å². The molecular weight excluding hydrogens is 444 g/mol. The third-order valence-corrected chi connectivity index (χ3v) is 5.13. The Bertz CT molecular complexity index is 1040. The zero-order chi connectivity index (χ0) is 23.1. The van der Waals surface area contributed by atoms with Gasteiger partial charge in [-0.2, -0.15) is 0 Å². The second kappa shape index (κ2) is 13.0. The van der Waals surface area contributed by atoms with E-state index in [9.17, 15) is 19.2 Å². The van der Waals surface area contributed by atoms with Gasteiger partial charge in [-0.3, -0.25) is 14.4 Å². The lowest BCUT2D eigenvalue weighted by Crippen LogP contribution is -2.18. The van der Waals surface area contributed by atoms with Crippen molar-refractivity contribution in [1.29, 1.82) is 0 Å². The van der Waals surface area contributed by atoms with Crippen molar-refractivity contribution in [2.75, 3.05) is 20.3 Å². The van der Waals surface area contributed by atoms with Gasteiger partial charge in [-0.25, -0.2) is 4.79 Å². The average Bonchev–Trinajstić information content (AvgIpc) is 3.57. The number of rotatable bonds is 2. The molecule has 2 aromatic carbocycles. The lowest BCUT2D eigenvalue weighted by Gasteiger charge is -2.03. The molecule has 34 heavy (non-hydrogen) atoms. The predicted octanol–water partition coefficient (Wildman–Crippen LogP) is 0.880. The van der Waals surface area contributed by atoms with Crippen molar-refractivity contribution < 1.29 is 34.1 Å². The molecule has 0 aliphatic carbocycles. The molecule has 5 rings (SSSR count). The number of nitrogens with two attached hydrogens (primary N) is 1. The summed E-state index contributed by atoms with van der Waals surface area (Å²) in [5.74, 6) is -1.46. The molecule has 0 bridgehead atoms. The highest BCUT2D eigenvalue weighted by Crippen LogP contribution is 2.20. The Morgan fingerprint density at radius 2 is 1.35 bits per heavy atom. The predicted molar refractivity (Wildman–Crippen MR) is 124 cm³/mol. The minimum Gasteiger partial charge on any atom is -0.465 e. The fourth-order valence-corrected chi connectivity index (χ4v) is 3.55. The average molecular weight is 475 g/mol. The van der Waals surface area contributed by atoms with Gasteiger partial charge in [-0.1, -0.05) is 24.3 Å². The number of nitrogens with one attached hydrogen (secondary N) is 2. The fraction of sp³-hybridized carbons (Fsp3) is 0.304. The first-order valence-corrected chi connectivity index (χ1v) is 10.2. The van der Waals surface area contributed by atoms with Gasteiger partial charge in [0.05, 0.1) is 29.4 Å². The lowest BCUT2D eigenvalue weighted by molar-refractivity contribution is 0.0596. The first-order chi connectivity index (χ1) is 15.4. The van der Waals surface area contributed by atoms with Gasteiger partial charge in [0, 0.05) is 26.3 Å². The van der Waals surface area contributed by atoms with E-state index in [1.54, 1.807) is 30.3 Å². The zero-order valence-electron chi connectivity index (χ0n) is 18.9. The summed E-state index contributed by atoms with van der Waals surface area (Å²) in [5, 5.41) is 5.29. The van der Waals surface area contributed by atoms with Crippen LogP contribution in [0.15, 0.2) is 36.4 Å². The van der Waals surface area contributed by atoms with E-state index < -0.39 is 11.9 Å². The minimum atomic E-state index is -0.561. The quantitative estimate of drug-likeness (QED) is 0.462. The van der Waals surface area contributed by atoms with Gasteiger partial charge in [-0.15, -0.1) is 0 Å².